The van der Waals surface area contributed by atoms with Gasteiger partial charge in [-0.25, -0.2) is 4.98 Å². The number of thiazole rings is 1. The standard InChI is InChI=1S/C17H19N3O3S/c21-16(12-13-1-2-14-15(11-13)23-9-8-22-14)19-4-6-20(7-5-19)17-18-3-10-24-17/h1-3,10-11H,4-9,12H2. The molecule has 0 spiro atoms. The SMILES string of the molecule is O=C(Cc1ccc2c(c1)OCCO2)N1CCN(c2nccs2)CC1. The summed E-state index contributed by atoms with van der Waals surface area (Å²) in [4.78, 5) is 21.1. The van der Waals surface area contributed by atoms with E-state index in [-0.39, 0.29) is 5.91 Å². The first-order valence-electron chi connectivity index (χ1n) is 8.10. The summed E-state index contributed by atoms with van der Waals surface area (Å²) in [6, 6.07) is 5.74. The molecule has 0 N–H and O–H groups in total. The van der Waals surface area contributed by atoms with Gasteiger partial charge in [-0.1, -0.05) is 6.07 Å². The molecule has 4 rings (SSSR count). The van der Waals surface area contributed by atoms with E-state index < -0.39 is 0 Å². The van der Waals surface area contributed by atoms with E-state index in [1.807, 2.05) is 34.7 Å². The Balaban J connectivity index is 1.35. The number of rotatable bonds is 3. The summed E-state index contributed by atoms with van der Waals surface area (Å²) >= 11 is 1.64. The molecule has 0 unspecified atom stereocenters. The van der Waals surface area contributed by atoms with Crippen LogP contribution < -0.4 is 14.4 Å². The summed E-state index contributed by atoms with van der Waals surface area (Å²) in [6.07, 6.45) is 2.22. The molecule has 1 saturated heterocycles. The van der Waals surface area contributed by atoms with Gasteiger partial charge in [-0.2, -0.15) is 0 Å². The van der Waals surface area contributed by atoms with Crippen molar-refractivity contribution in [3.8, 4) is 11.5 Å². The minimum absolute atomic E-state index is 0.158. The lowest BCUT2D eigenvalue weighted by Crippen LogP contribution is -2.49. The molecule has 3 heterocycles. The normalized spacial score (nSPS) is 17.0. The quantitative estimate of drug-likeness (QED) is 0.849. The van der Waals surface area contributed by atoms with Crippen molar-refractivity contribution in [1.82, 2.24) is 9.88 Å². The fraction of sp³-hybridized carbons (Fsp3) is 0.412. The maximum Gasteiger partial charge on any atom is 0.227 e. The second-order valence-corrected chi connectivity index (χ2v) is 6.71. The van der Waals surface area contributed by atoms with Crippen molar-refractivity contribution < 1.29 is 14.3 Å². The van der Waals surface area contributed by atoms with Crippen LogP contribution in [0.2, 0.25) is 0 Å². The van der Waals surface area contributed by atoms with Crippen molar-refractivity contribution in [1.29, 1.82) is 0 Å². The van der Waals surface area contributed by atoms with Crippen LogP contribution in [0.1, 0.15) is 5.56 Å². The number of carbonyl (C=O) groups excluding carboxylic acids is 1. The zero-order chi connectivity index (χ0) is 16.4. The van der Waals surface area contributed by atoms with Crippen LogP contribution in [0.3, 0.4) is 0 Å². The minimum Gasteiger partial charge on any atom is -0.486 e. The van der Waals surface area contributed by atoms with E-state index in [0.717, 1.165) is 48.4 Å². The molecule has 6 nitrogen and oxygen atoms in total. The maximum atomic E-state index is 12.6. The highest BCUT2D eigenvalue weighted by Crippen LogP contribution is 2.31. The van der Waals surface area contributed by atoms with Gasteiger partial charge in [0.25, 0.3) is 0 Å². The summed E-state index contributed by atoms with van der Waals surface area (Å²) in [6.45, 7) is 4.28. The highest BCUT2D eigenvalue weighted by Gasteiger charge is 2.23. The third kappa shape index (κ3) is 3.17. The number of hydrogen-bond donors (Lipinski definition) is 0. The highest BCUT2D eigenvalue weighted by atomic mass is 32.1. The third-order valence-electron chi connectivity index (χ3n) is 4.28. The summed E-state index contributed by atoms with van der Waals surface area (Å²) in [5, 5.41) is 3.02. The van der Waals surface area contributed by atoms with Crippen LogP contribution in [0.15, 0.2) is 29.8 Å². The average molecular weight is 345 g/mol. The molecule has 2 aliphatic heterocycles. The van der Waals surface area contributed by atoms with Gasteiger partial charge in [0.05, 0.1) is 6.42 Å². The summed E-state index contributed by atoms with van der Waals surface area (Å²) < 4.78 is 11.1. The number of aromatic nitrogens is 1. The molecule has 24 heavy (non-hydrogen) atoms. The van der Waals surface area contributed by atoms with Gasteiger partial charge in [0, 0.05) is 37.8 Å². The average Bonchev–Trinajstić information content (AvgIpc) is 3.16. The zero-order valence-electron chi connectivity index (χ0n) is 13.3. The van der Waals surface area contributed by atoms with Crippen molar-refractivity contribution in [3.05, 3.63) is 35.3 Å². The van der Waals surface area contributed by atoms with Crippen molar-refractivity contribution in [3.63, 3.8) is 0 Å². The molecule has 1 aromatic heterocycles. The van der Waals surface area contributed by atoms with Crippen LogP contribution in [0.4, 0.5) is 5.13 Å². The Morgan fingerprint density at radius 2 is 1.92 bits per heavy atom. The Labute approximate surface area is 144 Å². The van der Waals surface area contributed by atoms with E-state index in [4.69, 9.17) is 9.47 Å². The Morgan fingerprint density at radius 3 is 2.67 bits per heavy atom. The molecule has 2 aliphatic rings. The summed E-state index contributed by atoms with van der Waals surface area (Å²) in [5.41, 5.74) is 0.964. The zero-order valence-corrected chi connectivity index (χ0v) is 14.1. The maximum absolute atomic E-state index is 12.6. The molecule has 1 fully saturated rings. The second-order valence-electron chi connectivity index (χ2n) is 5.84. The van der Waals surface area contributed by atoms with E-state index in [1.165, 1.54) is 0 Å². The predicted molar refractivity (Wildman–Crippen MR) is 92.0 cm³/mol. The van der Waals surface area contributed by atoms with Gasteiger partial charge in [0.2, 0.25) is 5.91 Å². The fourth-order valence-corrected chi connectivity index (χ4v) is 3.70. The number of hydrogen-bond acceptors (Lipinski definition) is 6. The van der Waals surface area contributed by atoms with Crippen molar-refractivity contribution in [2.75, 3.05) is 44.3 Å². The first kappa shape index (κ1) is 15.3. The van der Waals surface area contributed by atoms with E-state index in [1.54, 1.807) is 11.3 Å². The Morgan fingerprint density at radius 1 is 1.12 bits per heavy atom. The van der Waals surface area contributed by atoms with Gasteiger partial charge in [0.15, 0.2) is 16.6 Å². The summed E-state index contributed by atoms with van der Waals surface area (Å²) in [5.74, 6) is 1.65. The van der Waals surface area contributed by atoms with Gasteiger partial charge < -0.3 is 19.3 Å². The van der Waals surface area contributed by atoms with Crippen molar-refractivity contribution in [2.24, 2.45) is 0 Å². The molecule has 0 atom stereocenters. The number of amides is 1. The Bertz CT molecular complexity index is 712. The Kier molecular flexibility index (Phi) is 4.25. The number of ether oxygens (including phenoxy) is 2. The number of piperazine rings is 1. The van der Waals surface area contributed by atoms with Crippen LogP contribution in [-0.4, -0.2) is 55.2 Å². The number of benzene rings is 1. The first-order valence-corrected chi connectivity index (χ1v) is 8.98. The number of carbonyl (C=O) groups is 1. The molecule has 126 valence electrons. The topological polar surface area (TPSA) is 54.9 Å². The molecular weight excluding hydrogens is 326 g/mol. The molecule has 0 radical (unpaired) electrons. The predicted octanol–water partition coefficient (Wildman–Crippen LogP) is 1.81. The largest absolute Gasteiger partial charge is 0.486 e. The monoisotopic (exact) mass is 345 g/mol. The number of fused-ring (bicyclic) bond motifs is 1. The van der Waals surface area contributed by atoms with Crippen LogP contribution in [0.25, 0.3) is 0 Å². The van der Waals surface area contributed by atoms with Gasteiger partial charge in [0.1, 0.15) is 13.2 Å². The lowest BCUT2D eigenvalue weighted by molar-refractivity contribution is -0.130. The summed E-state index contributed by atoms with van der Waals surface area (Å²) in [7, 11) is 0. The van der Waals surface area contributed by atoms with E-state index in [9.17, 15) is 4.79 Å². The lowest BCUT2D eigenvalue weighted by Gasteiger charge is -2.34. The second kappa shape index (κ2) is 6.68. The van der Waals surface area contributed by atoms with Crippen molar-refractivity contribution >= 4 is 22.4 Å². The Hall–Kier alpha value is -2.28. The number of nitrogens with zero attached hydrogens (tertiary/aromatic N) is 3. The van der Waals surface area contributed by atoms with Crippen LogP contribution in [0, 0.1) is 0 Å². The molecule has 0 saturated carbocycles. The van der Waals surface area contributed by atoms with Gasteiger partial charge >= 0.3 is 0 Å². The molecule has 0 aliphatic carbocycles. The molecule has 0 bridgehead atoms. The molecule has 7 heteroatoms. The third-order valence-corrected chi connectivity index (χ3v) is 5.12. The minimum atomic E-state index is 0.158. The highest BCUT2D eigenvalue weighted by molar-refractivity contribution is 7.13. The smallest absolute Gasteiger partial charge is 0.227 e. The van der Waals surface area contributed by atoms with Gasteiger partial charge in [-0.05, 0) is 17.7 Å². The van der Waals surface area contributed by atoms with E-state index in [0.29, 0.717) is 19.6 Å². The fourth-order valence-electron chi connectivity index (χ4n) is 3.00. The van der Waals surface area contributed by atoms with Gasteiger partial charge in [-0.15, -0.1) is 11.3 Å². The van der Waals surface area contributed by atoms with E-state index >= 15 is 0 Å². The van der Waals surface area contributed by atoms with Gasteiger partial charge in [-0.3, -0.25) is 4.79 Å². The number of anilines is 1. The van der Waals surface area contributed by atoms with Crippen LogP contribution in [-0.2, 0) is 11.2 Å². The van der Waals surface area contributed by atoms with Crippen LogP contribution in [0.5, 0.6) is 11.5 Å². The molecule has 2 aromatic rings. The lowest BCUT2D eigenvalue weighted by atomic mass is 10.1. The molecule has 1 aromatic carbocycles. The molecule has 1 amide bonds. The van der Waals surface area contributed by atoms with Crippen molar-refractivity contribution in [2.45, 2.75) is 6.42 Å². The van der Waals surface area contributed by atoms with E-state index in [2.05, 4.69) is 9.88 Å². The first-order chi connectivity index (χ1) is 11.8. The molecular formula is C17H19N3O3S. The van der Waals surface area contributed by atoms with Crippen LogP contribution >= 0.6 is 11.3 Å².